The maximum Gasteiger partial charge on any atom is 0.314 e. The van der Waals surface area contributed by atoms with Crippen molar-refractivity contribution >= 4 is 15.8 Å². The lowest BCUT2D eigenvalue weighted by Crippen LogP contribution is -2.29. The molecule has 3 atom stereocenters. The average molecular weight is 316 g/mol. The molecule has 7 heteroatoms. The van der Waals surface area contributed by atoms with Crippen LogP contribution < -0.4 is 0 Å². The van der Waals surface area contributed by atoms with Gasteiger partial charge in [0.05, 0.1) is 11.9 Å². The van der Waals surface area contributed by atoms with Crippen LogP contribution in [0.25, 0.3) is 0 Å². The van der Waals surface area contributed by atoms with Gasteiger partial charge in [0.1, 0.15) is 11.2 Å². The van der Waals surface area contributed by atoms with Crippen LogP contribution in [0, 0.1) is 11.2 Å². The predicted octanol–water partition coefficient (Wildman–Crippen LogP) is 1.44. The molecule has 0 heterocycles. The number of hydrogen-bond acceptors (Lipinski definition) is 4. The molecule has 0 radical (unpaired) electrons. The van der Waals surface area contributed by atoms with Crippen molar-refractivity contribution in [2.45, 2.75) is 18.1 Å². The number of sulfone groups is 1. The van der Waals surface area contributed by atoms with E-state index in [2.05, 4.69) is 0 Å². The molecule has 5 nitrogen and oxygen atoms in total. The zero-order valence-electron chi connectivity index (χ0n) is 11.7. The highest BCUT2D eigenvalue weighted by Gasteiger charge is 2.75. The monoisotopic (exact) mass is 316 g/mol. The third-order valence-electron chi connectivity index (χ3n) is 4.03. The van der Waals surface area contributed by atoms with Gasteiger partial charge in [-0.15, -0.1) is 0 Å². The Labute approximate surface area is 122 Å². The van der Waals surface area contributed by atoms with Gasteiger partial charge in [0.15, 0.2) is 9.84 Å². The van der Waals surface area contributed by atoms with E-state index in [0.29, 0.717) is 5.56 Å². The quantitative estimate of drug-likeness (QED) is 0.859. The van der Waals surface area contributed by atoms with Crippen LogP contribution in [0.15, 0.2) is 24.3 Å². The van der Waals surface area contributed by atoms with Gasteiger partial charge in [-0.2, -0.15) is 0 Å². The highest BCUT2D eigenvalue weighted by molar-refractivity contribution is 7.92. The van der Waals surface area contributed by atoms with E-state index >= 15 is 0 Å². The Balaban J connectivity index is 2.54. The van der Waals surface area contributed by atoms with Crippen LogP contribution in [0.3, 0.4) is 0 Å². The molecule has 0 saturated heterocycles. The Morgan fingerprint density at radius 1 is 1.48 bits per heavy atom. The molecular formula is C14H17FO5S. The summed E-state index contributed by atoms with van der Waals surface area (Å²) >= 11 is 0. The van der Waals surface area contributed by atoms with Crippen molar-refractivity contribution in [2.24, 2.45) is 5.41 Å². The highest BCUT2D eigenvalue weighted by atomic mass is 32.2. The van der Waals surface area contributed by atoms with Gasteiger partial charge < -0.3 is 9.84 Å². The van der Waals surface area contributed by atoms with Crippen molar-refractivity contribution in [3.05, 3.63) is 35.6 Å². The summed E-state index contributed by atoms with van der Waals surface area (Å²) in [5, 5.41) is 8.44. The number of carboxylic acid groups (broad SMARTS) is 1. The summed E-state index contributed by atoms with van der Waals surface area (Å²) in [5.41, 5.74) is -1.17. The SMILES string of the molecule is CCS(=O)(=O)C1C(c2cccc(F)c2)C1(COC)C(=O)O. The minimum Gasteiger partial charge on any atom is -0.481 e. The molecule has 1 aromatic rings. The molecule has 0 amide bonds. The molecule has 1 aliphatic rings. The number of carboxylic acids is 1. The summed E-state index contributed by atoms with van der Waals surface area (Å²) in [4.78, 5) is 11.7. The number of hydrogen-bond donors (Lipinski definition) is 1. The number of halogens is 1. The summed E-state index contributed by atoms with van der Waals surface area (Å²) in [6, 6.07) is 5.40. The third-order valence-corrected chi connectivity index (χ3v) is 6.31. The van der Waals surface area contributed by atoms with Crippen molar-refractivity contribution in [1.29, 1.82) is 0 Å². The molecule has 1 fully saturated rings. The van der Waals surface area contributed by atoms with Gasteiger partial charge in [0, 0.05) is 18.8 Å². The Bertz CT molecular complexity index is 657. The number of rotatable bonds is 6. The summed E-state index contributed by atoms with van der Waals surface area (Å²) in [7, 11) is -2.27. The summed E-state index contributed by atoms with van der Waals surface area (Å²) in [6.45, 7) is 1.24. The average Bonchev–Trinajstić information content (AvgIpc) is 3.10. The number of benzene rings is 1. The second-order valence-electron chi connectivity index (χ2n) is 5.18. The van der Waals surface area contributed by atoms with Gasteiger partial charge >= 0.3 is 5.97 Å². The van der Waals surface area contributed by atoms with E-state index in [1.165, 1.54) is 32.2 Å². The van der Waals surface area contributed by atoms with E-state index in [-0.39, 0.29) is 12.4 Å². The predicted molar refractivity (Wildman–Crippen MR) is 74.3 cm³/mol. The van der Waals surface area contributed by atoms with E-state index in [1.54, 1.807) is 6.07 Å². The van der Waals surface area contributed by atoms with Crippen LogP contribution in [-0.2, 0) is 19.4 Å². The first-order chi connectivity index (χ1) is 9.81. The van der Waals surface area contributed by atoms with Crippen LogP contribution in [-0.4, -0.2) is 44.2 Å². The Hall–Kier alpha value is -1.47. The fourth-order valence-corrected chi connectivity index (χ4v) is 5.06. The molecule has 0 bridgehead atoms. The molecule has 0 aromatic heterocycles. The fourth-order valence-electron chi connectivity index (χ4n) is 3.01. The van der Waals surface area contributed by atoms with Crippen LogP contribution in [0.5, 0.6) is 0 Å². The molecule has 21 heavy (non-hydrogen) atoms. The van der Waals surface area contributed by atoms with Gasteiger partial charge in [-0.05, 0) is 17.7 Å². The molecule has 0 spiro atoms. The summed E-state index contributed by atoms with van der Waals surface area (Å²) < 4.78 is 42.7. The van der Waals surface area contributed by atoms with E-state index in [0.717, 1.165) is 0 Å². The molecule has 116 valence electrons. The lowest BCUT2D eigenvalue weighted by atomic mass is 10.00. The van der Waals surface area contributed by atoms with Crippen molar-refractivity contribution in [3.8, 4) is 0 Å². The van der Waals surface area contributed by atoms with Crippen LogP contribution in [0.1, 0.15) is 18.4 Å². The maximum absolute atomic E-state index is 13.4. The Kier molecular flexibility index (Phi) is 4.08. The largest absolute Gasteiger partial charge is 0.481 e. The minimum absolute atomic E-state index is 0.164. The van der Waals surface area contributed by atoms with Crippen molar-refractivity contribution in [2.75, 3.05) is 19.5 Å². The van der Waals surface area contributed by atoms with E-state index < -0.39 is 38.2 Å². The first kappa shape index (κ1) is 15.9. The molecule has 1 N–H and O–H groups in total. The zero-order valence-corrected chi connectivity index (χ0v) is 12.6. The van der Waals surface area contributed by atoms with Gasteiger partial charge in [0.25, 0.3) is 0 Å². The van der Waals surface area contributed by atoms with Gasteiger partial charge in [-0.1, -0.05) is 19.1 Å². The topological polar surface area (TPSA) is 80.7 Å². The molecule has 0 aliphatic heterocycles. The minimum atomic E-state index is -3.59. The van der Waals surface area contributed by atoms with Crippen molar-refractivity contribution < 1.29 is 27.4 Å². The van der Waals surface area contributed by atoms with E-state index in [1.807, 2.05) is 0 Å². The normalized spacial score (nSPS) is 28.3. The fraction of sp³-hybridized carbons (Fsp3) is 0.500. The lowest BCUT2D eigenvalue weighted by Gasteiger charge is -2.11. The summed E-state index contributed by atoms with van der Waals surface area (Å²) in [5.74, 6) is -2.72. The molecule has 1 aromatic carbocycles. The maximum atomic E-state index is 13.4. The Morgan fingerprint density at radius 3 is 2.62 bits per heavy atom. The first-order valence-electron chi connectivity index (χ1n) is 6.50. The van der Waals surface area contributed by atoms with Crippen LogP contribution in [0.2, 0.25) is 0 Å². The number of methoxy groups -OCH3 is 1. The second-order valence-corrected chi connectivity index (χ2v) is 7.59. The highest BCUT2D eigenvalue weighted by Crippen LogP contribution is 2.63. The van der Waals surface area contributed by atoms with Gasteiger partial charge in [-0.25, -0.2) is 12.8 Å². The molecule has 1 aliphatic carbocycles. The molecule has 3 unspecified atom stereocenters. The molecular weight excluding hydrogens is 299 g/mol. The van der Waals surface area contributed by atoms with Crippen LogP contribution >= 0.6 is 0 Å². The standard InChI is InChI=1S/C14H17FO5S/c1-3-21(18,19)12-11(9-5-4-6-10(15)7-9)14(12,8-20-2)13(16)17/h4-7,11-12H,3,8H2,1-2H3,(H,16,17). The zero-order chi connectivity index (χ0) is 15.8. The third kappa shape index (κ3) is 2.44. The molecule has 1 saturated carbocycles. The van der Waals surface area contributed by atoms with Gasteiger partial charge in [0.2, 0.25) is 0 Å². The lowest BCUT2D eigenvalue weighted by molar-refractivity contribution is -0.145. The number of aliphatic carboxylic acids is 1. The first-order valence-corrected chi connectivity index (χ1v) is 8.22. The second kappa shape index (κ2) is 5.38. The number of carbonyl (C=O) groups is 1. The van der Waals surface area contributed by atoms with Crippen LogP contribution in [0.4, 0.5) is 4.39 Å². The Morgan fingerprint density at radius 2 is 2.14 bits per heavy atom. The summed E-state index contributed by atoms with van der Waals surface area (Å²) in [6.07, 6.45) is 0. The number of ether oxygens (including phenoxy) is 1. The van der Waals surface area contributed by atoms with Gasteiger partial charge in [-0.3, -0.25) is 4.79 Å². The van der Waals surface area contributed by atoms with E-state index in [9.17, 15) is 22.7 Å². The van der Waals surface area contributed by atoms with E-state index in [4.69, 9.17) is 4.74 Å². The molecule has 2 rings (SSSR count). The smallest absolute Gasteiger partial charge is 0.314 e. The van der Waals surface area contributed by atoms with Crippen molar-refractivity contribution in [1.82, 2.24) is 0 Å². The van der Waals surface area contributed by atoms with Crippen molar-refractivity contribution in [3.63, 3.8) is 0 Å².